The summed E-state index contributed by atoms with van der Waals surface area (Å²) in [5, 5.41) is 88.8. The smallest absolute Gasteiger partial charge is 0.225 e. The van der Waals surface area contributed by atoms with Gasteiger partial charge in [0, 0.05) is 73.3 Å². The number of hydrogen-bond donors (Lipinski definition) is 9. The maximum absolute atomic E-state index is 12.9. The summed E-state index contributed by atoms with van der Waals surface area (Å²) in [4.78, 5) is 61.6. The summed E-state index contributed by atoms with van der Waals surface area (Å²) in [5.74, 6) is 0.526. The maximum Gasteiger partial charge on any atom is 0.225 e. The summed E-state index contributed by atoms with van der Waals surface area (Å²) in [6, 6.07) is 0.0949. The van der Waals surface area contributed by atoms with E-state index in [1.54, 1.807) is 5.06 Å². The van der Waals surface area contributed by atoms with Crippen LogP contribution in [0, 0.1) is 43.8 Å². The van der Waals surface area contributed by atoms with Gasteiger partial charge in [-0.05, 0) is 256 Å². The van der Waals surface area contributed by atoms with Crippen molar-refractivity contribution in [2.75, 3.05) is 0 Å². The van der Waals surface area contributed by atoms with Gasteiger partial charge in [0.15, 0.2) is 11.6 Å². The van der Waals surface area contributed by atoms with Gasteiger partial charge in [-0.3, -0.25) is 24.0 Å². The van der Waals surface area contributed by atoms with Crippen molar-refractivity contribution >= 4 is 29.2 Å². The molecule has 3 saturated heterocycles. The number of carbonyl (C=O) groups is 5. The van der Waals surface area contributed by atoms with Crippen molar-refractivity contribution < 1.29 is 60.4 Å². The molecule has 0 saturated carbocycles. The van der Waals surface area contributed by atoms with E-state index in [9.17, 15) is 60.4 Å². The molecule has 0 spiro atoms. The number of nitrogens with one attached hydrogen (secondary N) is 2. The average molecular weight is 1730 g/mol. The Kier molecular flexibility index (Phi) is 37.7. The summed E-state index contributed by atoms with van der Waals surface area (Å²) < 4.78 is 0. The Morgan fingerprint density at radius 2 is 0.689 bits per heavy atom. The molecule has 7 aliphatic heterocycles. The van der Waals surface area contributed by atoms with E-state index >= 15 is 0 Å². The summed E-state index contributed by atoms with van der Waals surface area (Å²) in [5.41, 5.74) is -1.76. The molecule has 2 amide bonds. The molecule has 3 fully saturated rings. The second-order valence-corrected chi connectivity index (χ2v) is 50.6. The van der Waals surface area contributed by atoms with E-state index in [1.165, 1.54) is 41.5 Å². The van der Waals surface area contributed by atoms with Gasteiger partial charge in [-0.1, -0.05) is 225 Å². The van der Waals surface area contributed by atoms with Crippen LogP contribution in [0.25, 0.3) is 0 Å². The number of nitrogens with zero attached hydrogens (tertiary/aromatic N) is 7. The molecule has 2 atom stereocenters. The normalized spacial score (nSPS) is 25.0. The number of piperidine rings is 1. The van der Waals surface area contributed by atoms with Gasteiger partial charge in [0.2, 0.25) is 11.8 Å². The van der Waals surface area contributed by atoms with Crippen molar-refractivity contribution in [3.63, 3.8) is 0 Å². The Hall–Kier alpha value is -3.65. The molecule has 0 bridgehead atoms. The lowest BCUT2D eigenvalue weighted by molar-refractivity contribution is -0.246. The molecule has 7 heterocycles. The fourth-order valence-electron chi connectivity index (χ4n) is 19.7. The molecule has 21 heteroatoms. The van der Waals surface area contributed by atoms with E-state index < -0.39 is 44.1 Å². The van der Waals surface area contributed by atoms with Crippen molar-refractivity contribution in [3.05, 3.63) is 46.6 Å². The molecular formula is C101H193N9O12. The van der Waals surface area contributed by atoms with Crippen LogP contribution in [0.5, 0.6) is 0 Å². The second-order valence-electron chi connectivity index (χ2n) is 50.6. The third-order valence-electron chi connectivity index (χ3n) is 27.4. The molecule has 0 radical (unpaired) electrons. The third-order valence-corrected chi connectivity index (χ3v) is 27.4. The van der Waals surface area contributed by atoms with E-state index in [0.29, 0.717) is 18.4 Å². The largest absolute Gasteiger partial charge is 0.353 e. The van der Waals surface area contributed by atoms with Crippen LogP contribution in [0.4, 0.5) is 0 Å². The zero-order valence-electron chi connectivity index (χ0n) is 88.0. The van der Waals surface area contributed by atoms with Gasteiger partial charge in [-0.15, -0.1) is 0 Å². The van der Waals surface area contributed by atoms with E-state index in [4.69, 9.17) is 0 Å². The molecule has 2 unspecified atom stereocenters. The zero-order chi connectivity index (χ0) is 97.3. The summed E-state index contributed by atoms with van der Waals surface area (Å²) >= 11 is 0. The molecule has 0 aromatic carbocycles. The molecule has 0 aromatic rings. The predicted molar refractivity (Wildman–Crippen MR) is 503 cm³/mol. The fourth-order valence-corrected chi connectivity index (χ4v) is 19.7. The Morgan fingerprint density at radius 1 is 0.344 bits per heavy atom. The van der Waals surface area contributed by atoms with Crippen LogP contribution in [0.15, 0.2) is 46.6 Å². The van der Waals surface area contributed by atoms with Crippen molar-refractivity contribution in [1.29, 1.82) is 0 Å². The first-order valence-electron chi connectivity index (χ1n) is 46.5. The van der Waals surface area contributed by atoms with Crippen molar-refractivity contribution in [1.82, 2.24) is 46.1 Å². The number of Topliss-reactive ketones (excluding diaryl/α,β-unsaturated/α-hetero) is 3. The van der Waals surface area contributed by atoms with Gasteiger partial charge < -0.3 is 47.1 Å². The topological polar surface area (TPSA) is 274 Å². The fraction of sp³-hybridized carbons (Fsp3) is 0.871. The first kappa shape index (κ1) is 116. The van der Waals surface area contributed by atoms with Crippen LogP contribution < -0.4 is 10.6 Å². The lowest BCUT2D eigenvalue weighted by atomic mass is 9.74. The molecule has 0 aliphatic carbocycles. The minimum atomic E-state index is -0.617. The van der Waals surface area contributed by atoms with Crippen molar-refractivity contribution in [2.45, 2.75) is 525 Å². The number of carbonyl (C=O) groups excluding carboxylic acids is 5. The van der Waals surface area contributed by atoms with Crippen molar-refractivity contribution in [2.24, 2.45) is 43.8 Å². The Labute approximate surface area is 747 Å². The summed E-state index contributed by atoms with van der Waals surface area (Å²) in [6.07, 6.45) is 21.1. The SMILES string of the molecule is CC(C)(C)C(=O)C1=CC(C)(C)N(O)C1(C)C.CC(C)(C)C(=O)C1CC(C)(C)N(O)C1(C)C.CC(C)(C)C(=O)NC1CC(C)(C)N(O)C(C)(C)C1.CC(C)(C)CC(=O)NC1CC(C)(C)N(O)C1(C)C.CC(C)(C)CC1=CC(C)(C)N(O)C1(C)C.CCC1(CC)C=C(C(=O)C(C)(C)C)C(CC)(CC)N1O.CCC1(CC)C=C(CC(C)(C)C)C(CC)(CC)N1O. The minimum absolute atomic E-state index is 0.0126. The Bertz CT molecular complexity index is 3610. The van der Waals surface area contributed by atoms with E-state index in [-0.39, 0.29) is 119 Å². The quantitative estimate of drug-likeness (QED) is 0.0650. The molecule has 7 aliphatic rings. The van der Waals surface area contributed by atoms with Gasteiger partial charge in [0.25, 0.3) is 0 Å². The first-order valence-corrected chi connectivity index (χ1v) is 46.5. The van der Waals surface area contributed by atoms with Gasteiger partial charge in [0.05, 0.1) is 61.4 Å². The van der Waals surface area contributed by atoms with Gasteiger partial charge in [-0.25, -0.2) is 0 Å². The maximum atomic E-state index is 12.9. The predicted octanol–water partition coefficient (Wildman–Crippen LogP) is 23.9. The number of amides is 2. The van der Waals surface area contributed by atoms with Crippen LogP contribution in [-0.4, -0.2) is 191 Å². The van der Waals surface area contributed by atoms with E-state index in [2.05, 4.69) is 154 Å². The monoisotopic (exact) mass is 1720 g/mol. The van der Waals surface area contributed by atoms with Gasteiger partial charge in [-0.2, -0.15) is 35.4 Å². The summed E-state index contributed by atoms with van der Waals surface area (Å²) in [6.45, 7) is 99.4. The van der Waals surface area contributed by atoms with Crippen LogP contribution in [0.3, 0.4) is 0 Å². The third kappa shape index (κ3) is 27.0. The lowest BCUT2D eigenvalue weighted by Gasteiger charge is -2.51. The number of ketones is 3. The highest BCUT2D eigenvalue weighted by molar-refractivity contribution is 6.02. The zero-order valence-corrected chi connectivity index (χ0v) is 88.0. The van der Waals surface area contributed by atoms with Crippen molar-refractivity contribution in [3.8, 4) is 0 Å². The van der Waals surface area contributed by atoms with Gasteiger partial charge >= 0.3 is 0 Å². The standard InChI is InChI=1S/C17H31NO2.C17H33NO.2C14H28N2O2.C13H25NO2.C13H23NO2.C13H25NO/c1-8-16(9-2)12-13(14(19)15(5,6)7)17(10-3,11-4)18(16)20;1-8-16(9-2)13-14(12-15(5,6)7)17(10-3,11-4)18(16)19;1-12(2,3)9-11(17)15-10-8-13(4,5)16(18)14(10,6)7;1-12(2,3)11(17)15-10-8-13(4,5)16(18)14(6,7)9-10;2*1-11(2,3)10(15)9-8-12(4,5)14(16)13(9,6)7;1-11(2,3)8-10-9-12(4,5)14(15)13(10,6)7/h12,20H,8-11H2,1-7H3;13,19H,8-12H2,1-7H3;2*10,18H,8-9H2,1-7H3,(H,15,17);9,16H,8H2,1-7H3;8,16H,1-7H3;9,15H,8H2,1-7H3. The van der Waals surface area contributed by atoms with E-state index in [1.807, 2.05) is 220 Å². The molecule has 0 aromatic heterocycles. The highest BCUT2D eigenvalue weighted by atomic mass is 16.5. The number of hydroxylamine groups is 14. The molecule has 21 nitrogen and oxygen atoms in total. The minimum Gasteiger partial charge on any atom is -0.353 e. The van der Waals surface area contributed by atoms with Crippen LogP contribution >= 0.6 is 0 Å². The molecule has 7 rings (SSSR count). The van der Waals surface area contributed by atoms with Gasteiger partial charge in [0.1, 0.15) is 5.78 Å². The highest BCUT2D eigenvalue weighted by Gasteiger charge is 2.59. The summed E-state index contributed by atoms with van der Waals surface area (Å²) in [7, 11) is 0. The molecular weight excluding hydrogens is 1530 g/mol. The van der Waals surface area contributed by atoms with E-state index in [0.717, 1.165) is 89.0 Å². The number of rotatable bonds is 16. The molecule has 122 heavy (non-hydrogen) atoms. The Morgan fingerprint density at radius 3 is 0.984 bits per heavy atom. The van der Waals surface area contributed by atoms with Crippen LogP contribution in [0.2, 0.25) is 0 Å². The lowest BCUT2D eigenvalue weighted by Crippen LogP contribution is -2.63. The number of hydrogen-bond acceptors (Lipinski definition) is 19. The second kappa shape index (κ2) is 39.6. The Balaban J connectivity index is 0.000000713. The van der Waals surface area contributed by atoms with Crippen LogP contribution in [0.1, 0.15) is 436 Å². The highest BCUT2D eigenvalue weighted by Crippen LogP contribution is 2.53. The molecule has 714 valence electrons. The van der Waals surface area contributed by atoms with Crippen LogP contribution in [-0.2, 0) is 24.0 Å². The average Bonchev–Trinajstić information content (AvgIpc) is 1.56. The molecule has 9 N–H and O–H groups in total. The first-order chi connectivity index (χ1) is 53.9.